The first kappa shape index (κ1) is 12.3. The maximum absolute atomic E-state index is 11.1. The van der Waals surface area contributed by atoms with Gasteiger partial charge in [-0.25, -0.2) is 0 Å². The Balaban J connectivity index is 1.81. The molecule has 3 nitrogen and oxygen atoms in total. The molecule has 19 heavy (non-hydrogen) atoms. The van der Waals surface area contributed by atoms with Crippen LogP contribution in [0, 0.1) is 0 Å². The second-order valence-electron chi connectivity index (χ2n) is 4.70. The molecule has 1 atom stereocenters. The number of carbonyl (C=O) groups is 1. The van der Waals surface area contributed by atoms with Gasteiger partial charge >= 0.3 is 5.37 Å². The van der Waals surface area contributed by atoms with Gasteiger partial charge in [0.1, 0.15) is 11.9 Å². The number of ether oxygens (including phenoxy) is 1. The minimum atomic E-state index is -0.399. The minimum Gasteiger partial charge on any atom is -0.488 e. The van der Waals surface area contributed by atoms with Gasteiger partial charge in [-0.15, -0.1) is 0 Å². The summed E-state index contributed by atoms with van der Waals surface area (Å²) < 4.78 is 6.02. The largest absolute Gasteiger partial charge is 0.488 e. The highest BCUT2D eigenvalue weighted by Gasteiger charge is 2.26. The van der Waals surface area contributed by atoms with Gasteiger partial charge in [-0.1, -0.05) is 36.4 Å². The number of fused-ring (bicyclic) bond motifs is 1. The zero-order chi connectivity index (χ0) is 13.2. The zero-order valence-electron chi connectivity index (χ0n) is 10.4. The van der Waals surface area contributed by atoms with Crippen molar-refractivity contribution in [1.82, 2.24) is 4.90 Å². The van der Waals surface area contributed by atoms with E-state index < -0.39 is 5.37 Å². The fourth-order valence-corrected chi connectivity index (χ4v) is 2.62. The molecule has 1 saturated heterocycles. The lowest BCUT2D eigenvalue weighted by Gasteiger charge is -2.16. The van der Waals surface area contributed by atoms with E-state index in [-0.39, 0.29) is 6.10 Å². The van der Waals surface area contributed by atoms with E-state index in [1.54, 1.807) is 4.90 Å². The predicted molar refractivity (Wildman–Crippen MR) is 75.8 cm³/mol. The number of carbonyl (C=O) groups excluding carboxylic acids is 1. The van der Waals surface area contributed by atoms with Crippen molar-refractivity contribution < 1.29 is 9.53 Å². The van der Waals surface area contributed by atoms with Crippen molar-refractivity contribution in [3.8, 4) is 5.75 Å². The molecule has 0 radical (unpaired) electrons. The molecule has 1 aliphatic rings. The molecule has 1 heterocycles. The third-order valence-corrected chi connectivity index (χ3v) is 3.68. The number of hydrogen-bond acceptors (Lipinski definition) is 2. The maximum atomic E-state index is 11.1. The van der Waals surface area contributed by atoms with Crippen LogP contribution in [0.25, 0.3) is 10.8 Å². The van der Waals surface area contributed by atoms with Gasteiger partial charge in [0.05, 0.1) is 6.54 Å². The third-order valence-electron chi connectivity index (χ3n) is 3.44. The number of rotatable bonds is 2. The second kappa shape index (κ2) is 5.10. The van der Waals surface area contributed by atoms with E-state index in [9.17, 15) is 4.79 Å². The molecule has 1 amide bonds. The molecule has 0 N–H and O–H groups in total. The SMILES string of the molecule is O=C(Cl)N1CCC(Oc2cccc3ccccc23)C1. The van der Waals surface area contributed by atoms with Crippen LogP contribution in [0.4, 0.5) is 4.79 Å². The second-order valence-corrected chi connectivity index (χ2v) is 5.03. The molecule has 1 aliphatic heterocycles. The van der Waals surface area contributed by atoms with E-state index in [4.69, 9.17) is 16.3 Å². The average Bonchev–Trinajstić information content (AvgIpc) is 2.88. The van der Waals surface area contributed by atoms with Gasteiger partial charge < -0.3 is 9.64 Å². The van der Waals surface area contributed by atoms with Crippen molar-refractivity contribution in [2.24, 2.45) is 0 Å². The van der Waals surface area contributed by atoms with E-state index in [2.05, 4.69) is 12.1 Å². The average molecular weight is 276 g/mol. The highest BCUT2D eigenvalue weighted by Crippen LogP contribution is 2.27. The first-order valence-corrected chi connectivity index (χ1v) is 6.70. The van der Waals surface area contributed by atoms with Crippen LogP contribution in [0.15, 0.2) is 42.5 Å². The molecule has 4 heteroatoms. The summed E-state index contributed by atoms with van der Waals surface area (Å²) in [6, 6.07) is 14.1. The number of amides is 1. The fourth-order valence-electron chi connectivity index (χ4n) is 2.46. The van der Waals surface area contributed by atoms with Gasteiger partial charge in [0.15, 0.2) is 0 Å². The van der Waals surface area contributed by atoms with Crippen molar-refractivity contribution in [1.29, 1.82) is 0 Å². The molecule has 1 unspecified atom stereocenters. The first-order valence-electron chi connectivity index (χ1n) is 6.33. The van der Waals surface area contributed by atoms with Crippen molar-refractivity contribution in [2.75, 3.05) is 13.1 Å². The molecule has 0 aromatic heterocycles. The van der Waals surface area contributed by atoms with E-state index in [1.807, 2.05) is 30.3 Å². The summed E-state index contributed by atoms with van der Waals surface area (Å²) in [6.07, 6.45) is 0.843. The van der Waals surface area contributed by atoms with Gasteiger partial charge in [0.2, 0.25) is 0 Å². The summed E-state index contributed by atoms with van der Waals surface area (Å²) in [6.45, 7) is 1.23. The van der Waals surface area contributed by atoms with Crippen LogP contribution >= 0.6 is 11.6 Å². The molecular weight excluding hydrogens is 262 g/mol. The molecule has 0 spiro atoms. The van der Waals surface area contributed by atoms with Gasteiger partial charge in [-0.05, 0) is 23.1 Å². The number of benzene rings is 2. The van der Waals surface area contributed by atoms with Crippen LogP contribution in [-0.2, 0) is 0 Å². The smallest absolute Gasteiger partial charge is 0.316 e. The van der Waals surface area contributed by atoms with Crippen LogP contribution < -0.4 is 4.74 Å². The molecule has 2 aromatic rings. The predicted octanol–water partition coefficient (Wildman–Crippen LogP) is 3.65. The van der Waals surface area contributed by atoms with Crippen molar-refractivity contribution in [2.45, 2.75) is 12.5 Å². The molecule has 2 aromatic carbocycles. The van der Waals surface area contributed by atoms with Crippen molar-refractivity contribution in [3.05, 3.63) is 42.5 Å². The number of likely N-dealkylation sites (tertiary alicyclic amines) is 1. The Morgan fingerprint density at radius 2 is 2.00 bits per heavy atom. The summed E-state index contributed by atoms with van der Waals surface area (Å²) in [5, 5.41) is 1.85. The molecular formula is C15H14ClNO2. The number of hydrogen-bond donors (Lipinski definition) is 0. The molecule has 1 fully saturated rings. The van der Waals surface area contributed by atoms with Crippen LogP contribution in [0.5, 0.6) is 5.75 Å². The van der Waals surface area contributed by atoms with E-state index in [1.165, 1.54) is 0 Å². The minimum absolute atomic E-state index is 0.0218. The monoisotopic (exact) mass is 275 g/mol. The summed E-state index contributed by atoms with van der Waals surface area (Å²) in [5.41, 5.74) is 0. The van der Waals surface area contributed by atoms with Crippen LogP contribution in [0.2, 0.25) is 0 Å². The van der Waals surface area contributed by atoms with Gasteiger partial charge in [0, 0.05) is 18.4 Å². The summed E-state index contributed by atoms with van der Waals surface area (Å²) in [5.74, 6) is 0.868. The Bertz CT molecular complexity index is 609. The summed E-state index contributed by atoms with van der Waals surface area (Å²) >= 11 is 5.48. The van der Waals surface area contributed by atoms with E-state index >= 15 is 0 Å². The quantitative estimate of drug-likeness (QED) is 0.618. The highest BCUT2D eigenvalue weighted by molar-refractivity contribution is 6.62. The Hall–Kier alpha value is -1.74. The Morgan fingerprint density at radius 3 is 2.79 bits per heavy atom. The van der Waals surface area contributed by atoms with Gasteiger partial charge in [0.25, 0.3) is 0 Å². The summed E-state index contributed by atoms with van der Waals surface area (Å²) in [4.78, 5) is 12.7. The molecule has 0 aliphatic carbocycles. The Kier molecular flexibility index (Phi) is 3.30. The maximum Gasteiger partial charge on any atom is 0.316 e. The Labute approximate surface area is 116 Å². The Morgan fingerprint density at radius 1 is 1.21 bits per heavy atom. The van der Waals surface area contributed by atoms with E-state index in [0.717, 1.165) is 22.9 Å². The zero-order valence-corrected chi connectivity index (χ0v) is 11.1. The topological polar surface area (TPSA) is 29.5 Å². The lowest BCUT2D eigenvalue weighted by molar-refractivity contribution is 0.201. The normalized spacial score (nSPS) is 18.8. The lowest BCUT2D eigenvalue weighted by atomic mass is 10.1. The third kappa shape index (κ3) is 2.51. The van der Waals surface area contributed by atoms with Gasteiger partial charge in [-0.3, -0.25) is 4.79 Å². The number of halogens is 1. The van der Waals surface area contributed by atoms with Crippen LogP contribution in [-0.4, -0.2) is 29.5 Å². The van der Waals surface area contributed by atoms with Crippen molar-refractivity contribution >= 4 is 27.7 Å². The molecule has 3 rings (SSSR count). The first-order chi connectivity index (χ1) is 9.24. The lowest BCUT2D eigenvalue weighted by Crippen LogP contribution is -2.26. The molecule has 0 bridgehead atoms. The fraction of sp³-hybridized carbons (Fsp3) is 0.267. The molecule has 98 valence electrons. The van der Waals surface area contributed by atoms with Crippen LogP contribution in [0.1, 0.15) is 6.42 Å². The standard InChI is InChI=1S/C15H14ClNO2/c16-15(18)17-9-8-12(10-17)19-14-7-3-5-11-4-1-2-6-13(11)14/h1-7,12H,8-10H2. The number of nitrogens with zero attached hydrogens (tertiary/aromatic N) is 1. The van der Waals surface area contributed by atoms with Gasteiger partial charge in [-0.2, -0.15) is 0 Å². The van der Waals surface area contributed by atoms with E-state index in [0.29, 0.717) is 13.1 Å². The molecule has 0 saturated carbocycles. The van der Waals surface area contributed by atoms with Crippen molar-refractivity contribution in [3.63, 3.8) is 0 Å². The van der Waals surface area contributed by atoms with Crippen LogP contribution in [0.3, 0.4) is 0 Å². The summed E-state index contributed by atoms with van der Waals surface area (Å²) in [7, 11) is 0. The highest BCUT2D eigenvalue weighted by atomic mass is 35.5.